The Balaban J connectivity index is 2.02. The van der Waals surface area contributed by atoms with Crippen LogP contribution < -0.4 is 24.4 Å². The summed E-state index contributed by atoms with van der Waals surface area (Å²) in [4.78, 5) is 24.0. The highest BCUT2D eigenvalue weighted by Gasteiger charge is 2.29. The molecule has 2 amide bonds. The molecular formula is C19H21N3O6S. The highest BCUT2D eigenvalue weighted by Crippen LogP contribution is 2.36. The summed E-state index contributed by atoms with van der Waals surface area (Å²) in [5, 5.41) is 5.19. The van der Waals surface area contributed by atoms with Crippen molar-refractivity contribution >= 4 is 38.9 Å². The molecule has 0 spiro atoms. The number of amides is 2. The third-order valence-electron chi connectivity index (χ3n) is 4.68. The summed E-state index contributed by atoms with van der Waals surface area (Å²) < 4.78 is 37.9. The van der Waals surface area contributed by atoms with Crippen molar-refractivity contribution in [2.24, 2.45) is 5.92 Å². The summed E-state index contributed by atoms with van der Waals surface area (Å²) in [6, 6.07) is 8.89. The summed E-state index contributed by atoms with van der Waals surface area (Å²) in [7, 11) is 0.341. The zero-order valence-electron chi connectivity index (χ0n) is 16.3. The Bertz CT molecular complexity index is 1080. The van der Waals surface area contributed by atoms with Crippen LogP contribution in [0, 0.1) is 5.92 Å². The van der Waals surface area contributed by atoms with Gasteiger partial charge in [0.15, 0.2) is 0 Å². The van der Waals surface area contributed by atoms with Gasteiger partial charge in [0, 0.05) is 13.1 Å². The van der Waals surface area contributed by atoms with E-state index in [2.05, 4.69) is 10.6 Å². The molecule has 1 heterocycles. The molecule has 1 aliphatic heterocycles. The lowest BCUT2D eigenvalue weighted by molar-refractivity contribution is -0.128. The predicted molar refractivity (Wildman–Crippen MR) is 108 cm³/mol. The average Bonchev–Trinajstić information content (AvgIpc) is 2.82. The molecule has 3 rings (SSSR count). The number of anilines is 3. The number of carbonyl (C=O) groups excluding carboxylic acids is 2. The van der Waals surface area contributed by atoms with Crippen LogP contribution in [0.4, 0.5) is 17.1 Å². The van der Waals surface area contributed by atoms with Gasteiger partial charge in [-0.2, -0.15) is 0 Å². The van der Waals surface area contributed by atoms with Crippen molar-refractivity contribution in [1.29, 1.82) is 0 Å². The van der Waals surface area contributed by atoms with Gasteiger partial charge in [-0.05, 0) is 37.3 Å². The molecule has 0 aliphatic carbocycles. The number of hydrogen-bond donors (Lipinski definition) is 2. The highest BCUT2D eigenvalue weighted by atomic mass is 32.2. The van der Waals surface area contributed by atoms with Crippen LogP contribution in [0.25, 0.3) is 0 Å². The van der Waals surface area contributed by atoms with Crippen molar-refractivity contribution in [2.75, 3.05) is 36.2 Å². The Morgan fingerprint density at radius 3 is 2.21 bits per heavy atom. The summed E-state index contributed by atoms with van der Waals surface area (Å²) in [6.07, 6.45) is 0. The van der Waals surface area contributed by atoms with Gasteiger partial charge in [0.1, 0.15) is 17.4 Å². The molecular weight excluding hydrogens is 398 g/mol. The van der Waals surface area contributed by atoms with Crippen molar-refractivity contribution in [3.8, 4) is 11.5 Å². The second kappa shape index (κ2) is 7.63. The lowest BCUT2D eigenvalue weighted by atomic mass is 10.1. The summed E-state index contributed by atoms with van der Waals surface area (Å²) in [5.74, 6) is -1.03. The van der Waals surface area contributed by atoms with Gasteiger partial charge in [-0.25, -0.2) is 8.42 Å². The second-order valence-corrected chi connectivity index (χ2v) is 8.39. The van der Waals surface area contributed by atoms with Crippen molar-refractivity contribution in [3.63, 3.8) is 0 Å². The molecule has 2 aromatic carbocycles. The number of benzene rings is 2. The monoisotopic (exact) mass is 419 g/mol. The van der Waals surface area contributed by atoms with Crippen molar-refractivity contribution < 1.29 is 27.5 Å². The molecule has 154 valence electrons. The topological polar surface area (TPSA) is 114 Å². The van der Waals surface area contributed by atoms with Crippen LogP contribution in [0.5, 0.6) is 11.5 Å². The Labute approximate surface area is 168 Å². The average molecular weight is 419 g/mol. The van der Waals surface area contributed by atoms with Crippen LogP contribution >= 0.6 is 0 Å². The lowest BCUT2D eigenvalue weighted by Crippen LogP contribution is -2.28. The van der Waals surface area contributed by atoms with Gasteiger partial charge in [0.25, 0.3) is 10.0 Å². The molecule has 0 aromatic heterocycles. The first-order chi connectivity index (χ1) is 13.7. The van der Waals surface area contributed by atoms with E-state index in [-0.39, 0.29) is 10.6 Å². The lowest BCUT2D eigenvalue weighted by Gasteiger charge is -2.22. The number of carbonyl (C=O) groups is 2. The van der Waals surface area contributed by atoms with E-state index >= 15 is 0 Å². The highest BCUT2D eigenvalue weighted by molar-refractivity contribution is 7.92. The molecule has 1 atom stereocenters. The molecule has 1 aliphatic rings. The minimum atomic E-state index is -3.99. The summed E-state index contributed by atoms with van der Waals surface area (Å²) >= 11 is 0. The van der Waals surface area contributed by atoms with Gasteiger partial charge in [0.2, 0.25) is 11.8 Å². The molecule has 9 nitrogen and oxygen atoms in total. The molecule has 10 heteroatoms. The number of fused-ring (bicyclic) bond motifs is 1. The van der Waals surface area contributed by atoms with Gasteiger partial charge < -0.3 is 20.1 Å². The summed E-state index contributed by atoms with van der Waals surface area (Å²) in [5.41, 5.74) is 0.856. The van der Waals surface area contributed by atoms with Crippen LogP contribution in [-0.4, -0.2) is 41.5 Å². The molecule has 0 fully saturated rings. The van der Waals surface area contributed by atoms with Gasteiger partial charge in [0.05, 0.1) is 36.2 Å². The molecule has 0 radical (unpaired) electrons. The number of rotatable bonds is 5. The Morgan fingerprint density at radius 2 is 1.59 bits per heavy atom. The van der Waals surface area contributed by atoms with E-state index in [9.17, 15) is 18.0 Å². The Kier molecular flexibility index (Phi) is 5.38. The van der Waals surface area contributed by atoms with Crippen LogP contribution in [0.1, 0.15) is 6.92 Å². The number of nitrogens with zero attached hydrogens (tertiary/aromatic N) is 1. The van der Waals surface area contributed by atoms with E-state index in [0.29, 0.717) is 22.9 Å². The first kappa shape index (κ1) is 20.5. The third kappa shape index (κ3) is 3.70. The maximum atomic E-state index is 13.2. The van der Waals surface area contributed by atoms with Crippen LogP contribution in [0.3, 0.4) is 0 Å². The molecule has 0 bridgehead atoms. The Hall–Kier alpha value is -3.27. The number of sulfonamides is 1. The minimum Gasteiger partial charge on any atom is -0.497 e. The van der Waals surface area contributed by atoms with E-state index in [1.165, 1.54) is 46.4 Å². The fourth-order valence-electron chi connectivity index (χ4n) is 2.83. The van der Waals surface area contributed by atoms with Crippen molar-refractivity contribution in [1.82, 2.24) is 0 Å². The zero-order chi connectivity index (χ0) is 21.3. The van der Waals surface area contributed by atoms with E-state index in [0.717, 1.165) is 4.31 Å². The normalized spacial score (nSPS) is 16.2. The van der Waals surface area contributed by atoms with Gasteiger partial charge in [-0.3, -0.25) is 13.9 Å². The maximum absolute atomic E-state index is 13.2. The first-order valence-electron chi connectivity index (χ1n) is 8.65. The van der Waals surface area contributed by atoms with Crippen molar-refractivity contribution in [2.45, 2.75) is 11.8 Å². The largest absolute Gasteiger partial charge is 0.497 e. The molecule has 2 aromatic rings. The van der Waals surface area contributed by atoms with Crippen LogP contribution in [-0.2, 0) is 19.6 Å². The van der Waals surface area contributed by atoms with Gasteiger partial charge in [-0.1, -0.05) is 0 Å². The third-order valence-corrected chi connectivity index (χ3v) is 6.45. The van der Waals surface area contributed by atoms with E-state index in [1.54, 1.807) is 18.2 Å². The number of hydrogen-bond acceptors (Lipinski definition) is 6. The van der Waals surface area contributed by atoms with E-state index < -0.39 is 27.8 Å². The summed E-state index contributed by atoms with van der Waals surface area (Å²) in [6.45, 7) is 1.47. The fourth-order valence-corrected chi connectivity index (χ4v) is 4.06. The number of ether oxygens (including phenoxy) is 2. The molecule has 2 N–H and O–H groups in total. The van der Waals surface area contributed by atoms with Gasteiger partial charge >= 0.3 is 0 Å². The molecule has 29 heavy (non-hydrogen) atoms. The Morgan fingerprint density at radius 1 is 0.931 bits per heavy atom. The minimum absolute atomic E-state index is 0.0549. The van der Waals surface area contributed by atoms with E-state index in [4.69, 9.17) is 9.47 Å². The molecule has 1 unspecified atom stereocenters. The van der Waals surface area contributed by atoms with Gasteiger partial charge in [-0.15, -0.1) is 0 Å². The number of methoxy groups -OCH3 is 2. The molecule has 0 saturated carbocycles. The quantitative estimate of drug-likeness (QED) is 0.717. The fraction of sp³-hybridized carbons (Fsp3) is 0.263. The smallest absolute Gasteiger partial charge is 0.264 e. The molecule has 0 saturated heterocycles. The number of nitrogens with one attached hydrogen (secondary N) is 2. The maximum Gasteiger partial charge on any atom is 0.264 e. The van der Waals surface area contributed by atoms with E-state index in [1.807, 2.05) is 0 Å². The SMILES string of the molecule is COc1ccc(N(C)S(=O)(=O)c2ccc3c(c2)NC(=O)C(C)C(=O)N3)c(OC)c1. The van der Waals surface area contributed by atoms with Crippen LogP contribution in [0.2, 0.25) is 0 Å². The van der Waals surface area contributed by atoms with Crippen molar-refractivity contribution in [3.05, 3.63) is 36.4 Å². The second-order valence-electron chi connectivity index (χ2n) is 6.42. The zero-order valence-corrected chi connectivity index (χ0v) is 17.2. The first-order valence-corrected chi connectivity index (χ1v) is 10.1. The van der Waals surface area contributed by atoms with Crippen LogP contribution in [0.15, 0.2) is 41.3 Å². The predicted octanol–water partition coefficient (Wildman–Crippen LogP) is 2.06. The standard InChI is InChI=1S/C19H21N3O6S/c1-11-18(23)20-14-7-6-13(10-15(14)21-19(11)24)29(25,26)22(2)16-8-5-12(27-3)9-17(16)28-4/h5-11H,1-4H3,(H,20,23)(H,21,24).